The number of hydrogen-bond donors (Lipinski definition) is 1. The molecule has 0 aromatic carbocycles. The molecule has 1 aliphatic carbocycles. The maximum atomic E-state index is 12.7. The standard InChI is InChI=1S/C20H22N8O/c1-26-8-9-27-20(26)17(11-24-27)19(29)25-15-2-4-16(5-3-15)28-12-14(10-23-28)18-6-7-21-13-22-18/h6-13,15-16H,2-5H2,1H3,(H,25,29). The molecule has 0 atom stereocenters. The second-order valence-corrected chi connectivity index (χ2v) is 7.52. The molecule has 0 spiro atoms. The lowest BCUT2D eigenvalue weighted by Crippen LogP contribution is -2.38. The number of nitrogens with one attached hydrogen (secondary N) is 1. The Balaban J connectivity index is 1.21. The van der Waals surface area contributed by atoms with Crippen LogP contribution < -0.4 is 5.32 Å². The number of fused-ring (bicyclic) bond motifs is 1. The van der Waals surface area contributed by atoms with Gasteiger partial charge in [-0.25, -0.2) is 14.5 Å². The van der Waals surface area contributed by atoms with Gasteiger partial charge in [0.1, 0.15) is 17.5 Å². The summed E-state index contributed by atoms with van der Waals surface area (Å²) in [6.45, 7) is 0. The minimum absolute atomic E-state index is 0.0598. The smallest absolute Gasteiger partial charge is 0.256 e. The number of carbonyl (C=O) groups is 1. The van der Waals surface area contributed by atoms with Gasteiger partial charge in [-0.15, -0.1) is 0 Å². The van der Waals surface area contributed by atoms with Crippen LogP contribution >= 0.6 is 0 Å². The van der Waals surface area contributed by atoms with Crippen LogP contribution in [0.25, 0.3) is 16.9 Å². The van der Waals surface area contributed by atoms with Crippen molar-refractivity contribution in [2.75, 3.05) is 0 Å². The summed E-state index contributed by atoms with van der Waals surface area (Å²) >= 11 is 0. The molecular weight excluding hydrogens is 368 g/mol. The molecule has 1 amide bonds. The van der Waals surface area contributed by atoms with E-state index in [0.29, 0.717) is 11.6 Å². The Morgan fingerprint density at radius 3 is 2.79 bits per heavy atom. The maximum absolute atomic E-state index is 12.7. The number of nitrogens with zero attached hydrogens (tertiary/aromatic N) is 7. The monoisotopic (exact) mass is 390 g/mol. The summed E-state index contributed by atoms with van der Waals surface area (Å²) in [5.74, 6) is -0.0598. The third-order valence-electron chi connectivity index (χ3n) is 5.66. The van der Waals surface area contributed by atoms with Gasteiger partial charge in [-0.3, -0.25) is 9.48 Å². The quantitative estimate of drug-likeness (QED) is 0.577. The molecule has 29 heavy (non-hydrogen) atoms. The van der Waals surface area contributed by atoms with Crippen molar-refractivity contribution in [2.45, 2.75) is 37.8 Å². The van der Waals surface area contributed by atoms with Crippen molar-refractivity contribution in [1.82, 2.24) is 39.2 Å². The van der Waals surface area contributed by atoms with Crippen LogP contribution in [0.5, 0.6) is 0 Å². The van der Waals surface area contributed by atoms with Crippen molar-refractivity contribution in [1.29, 1.82) is 0 Å². The Bertz CT molecular complexity index is 1130. The fraction of sp³-hybridized carbons (Fsp3) is 0.350. The van der Waals surface area contributed by atoms with Gasteiger partial charge in [0.15, 0.2) is 0 Å². The van der Waals surface area contributed by atoms with Crippen LogP contribution in [0.2, 0.25) is 0 Å². The lowest BCUT2D eigenvalue weighted by atomic mass is 9.91. The number of amides is 1. The van der Waals surface area contributed by atoms with Crippen LogP contribution in [-0.4, -0.2) is 45.9 Å². The Hall–Kier alpha value is -3.49. The van der Waals surface area contributed by atoms with E-state index in [1.807, 2.05) is 47.2 Å². The Labute approximate surface area is 167 Å². The summed E-state index contributed by atoms with van der Waals surface area (Å²) in [5, 5.41) is 12.0. The molecule has 0 saturated heterocycles. The average molecular weight is 390 g/mol. The predicted molar refractivity (Wildman–Crippen MR) is 106 cm³/mol. The van der Waals surface area contributed by atoms with E-state index in [-0.39, 0.29) is 11.9 Å². The fourth-order valence-electron chi connectivity index (χ4n) is 4.09. The number of aromatic nitrogens is 7. The van der Waals surface area contributed by atoms with Crippen LogP contribution in [0.4, 0.5) is 0 Å². The highest BCUT2D eigenvalue weighted by Gasteiger charge is 2.25. The van der Waals surface area contributed by atoms with Gasteiger partial charge in [0.2, 0.25) is 0 Å². The van der Waals surface area contributed by atoms with Crippen molar-refractivity contribution in [2.24, 2.45) is 7.05 Å². The first-order valence-electron chi connectivity index (χ1n) is 9.79. The molecule has 0 unspecified atom stereocenters. The number of aryl methyl sites for hydroxylation is 1. The first-order chi connectivity index (χ1) is 14.2. The van der Waals surface area contributed by atoms with Crippen molar-refractivity contribution in [3.8, 4) is 11.3 Å². The minimum atomic E-state index is -0.0598. The van der Waals surface area contributed by atoms with Gasteiger partial charge >= 0.3 is 0 Å². The van der Waals surface area contributed by atoms with E-state index < -0.39 is 0 Å². The van der Waals surface area contributed by atoms with Crippen molar-refractivity contribution >= 4 is 11.6 Å². The molecule has 0 bridgehead atoms. The van der Waals surface area contributed by atoms with Crippen LogP contribution in [-0.2, 0) is 7.05 Å². The number of imidazole rings is 1. The zero-order valence-corrected chi connectivity index (χ0v) is 16.1. The average Bonchev–Trinajstić information content (AvgIpc) is 3.47. The summed E-state index contributed by atoms with van der Waals surface area (Å²) in [7, 11) is 1.92. The lowest BCUT2D eigenvalue weighted by Gasteiger charge is -2.29. The number of carbonyl (C=O) groups excluding carboxylic acids is 1. The molecular formula is C20H22N8O. The molecule has 9 heteroatoms. The fourth-order valence-corrected chi connectivity index (χ4v) is 4.09. The van der Waals surface area contributed by atoms with Crippen LogP contribution in [0.1, 0.15) is 42.1 Å². The van der Waals surface area contributed by atoms with E-state index in [1.54, 1.807) is 23.2 Å². The van der Waals surface area contributed by atoms with Crippen molar-refractivity contribution < 1.29 is 4.79 Å². The van der Waals surface area contributed by atoms with Gasteiger partial charge in [0, 0.05) is 43.4 Å². The zero-order valence-electron chi connectivity index (χ0n) is 16.1. The SMILES string of the molecule is Cn1ccn2ncc(C(=O)NC3CCC(n4cc(-c5ccncn5)cn4)CC3)c12. The second-order valence-electron chi connectivity index (χ2n) is 7.52. The molecule has 4 heterocycles. The summed E-state index contributed by atoms with van der Waals surface area (Å²) < 4.78 is 5.66. The topological polar surface area (TPSA) is 94.9 Å². The summed E-state index contributed by atoms with van der Waals surface area (Å²) in [6, 6.07) is 2.40. The first-order valence-corrected chi connectivity index (χ1v) is 9.79. The highest BCUT2D eigenvalue weighted by molar-refractivity contribution is 5.99. The van der Waals surface area contributed by atoms with Crippen LogP contribution in [0, 0.1) is 0 Å². The van der Waals surface area contributed by atoms with E-state index >= 15 is 0 Å². The molecule has 5 rings (SSSR count). The number of hydrogen-bond acceptors (Lipinski definition) is 5. The van der Waals surface area contributed by atoms with E-state index in [0.717, 1.165) is 42.6 Å². The molecule has 1 aliphatic rings. The molecule has 4 aromatic rings. The predicted octanol–water partition coefficient (Wildman–Crippen LogP) is 2.24. The normalized spacial score (nSPS) is 19.5. The molecule has 9 nitrogen and oxygen atoms in total. The third-order valence-corrected chi connectivity index (χ3v) is 5.66. The first kappa shape index (κ1) is 17.6. The maximum Gasteiger partial charge on any atom is 0.256 e. The van der Waals surface area contributed by atoms with Crippen LogP contribution in [0.3, 0.4) is 0 Å². The summed E-state index contributed by atoms with van der Waals surface area (Å²) in [6.07, 6.45) is 16.4. The summed E-state index contributed by atoms with van der Waals surface area (Å²) in [4.78, 5) is 21.0. The largest absolute Gasteiger partial charge is 0.349 e. The lowest BCUT2D eigenvalue weighted by molar-refractivity contribution is 0.0923. The van der Waals surface area contributed by atoms with Gasteiger partial charge in [-0.2, -0.15) is 10.2 Å². The summed E-state index contributed by atoms with van der Waals surface area (Å²) in [5.41, 5.74) is 3.29. The molecule has 148 valence electrons. The van der Waals surface area contributed by atoms with Gasteiger partial charge in [0.25, 0.3) is 5.91 Å². The molecule has 0 aliphatic heterocycles. The molecule has 4 aromatic heterocycles. The van der Waals surface area contributed by atoms with Gasteiger partial charge < -0.3 is 9.88 Å². The third kappa shape index (κ3) is 3.28. The van der Waals surface area contributed by atoms with Gasteiger partial charge in [-0.05, 0) is 31.7 Å². The van der Waals surface area contributed by atoms with E-state index in [4.69, 9.17) is 0 Å². The van der Waals surface area contributed by atoms with E-state index in [9.17, 15) is 4.79 Å². The molecule has 0 radical (unpaired) electrons. The molecule has 1 fully saturated rings. The Kier molecular flexibility index (Phi) is 4.34. The minimum Gasteiger partial charge on any atom is -0.349 e. The number of rotatable bonds is 4. The van der Waals surface area contributed by atoms with Crippen molar-refractivity contribution in [3.63, 3.8) is 0 Å². The highest BCUT2D eigenvalue weighted by atomic mass is 16.1. The van der Waals surface area contributed by atoms with Gasteiger partial charge in [-0.1, -0.05) is 0 Å². The van der Waals surface area contributed by atoms with Gasteiger partial charge in [0.05, 0.1) is 24.1 Å². The Morgan fingerprint density at radius 1 is 1.14 bits per heavy atom. The molecule has 1 N–H and O–H groups in total. The zero-order chi connectivity index (χ0) is 19.8. The van der Waals surface area contributed by atoms with Crippen molar-refractivity contribution in [3.05, 3.63) is 55.1 Å². The van der Waals surface area contributed by atoms with E-state index in [1.165, 1.54) is 0 Å². The highest BCUT2D eigenvalue weighted by Crippen LogP contribution is 2.29. The van der Waals surface area contributed by atoms with E-state index in [2.05, 4.69) is 25.5 Å². The van der Waals surface area contributed by atoms with Crippen LogP contribution in [0.15, 0.2) is 49.6 Å². The Morgan fingerprint density at radius 2 is 2.00 bits per heavy atom. The molecule has 1 saturated carbocycles. The second kappa shape index (κ2) is 7.16.